The van der Waals surface area contributed by atoms with E-state index in [0.29, 0.717) is 44.6 Å². The van der Waals surface area contributed by atoms with Crippen LogP contribution in [0.15, 0.2) is 36.4 Å². The van der Waals surface area contributed by atoms with Gasteiger partial charge < -0.3 is 0 Å². The van der Waals surface area contributed by atoms with E-state index in [1.54, 1.807) is 36.4 Å². The summed E-state index contributed by atoms with van der Waals surface area (Å²) in [6.45, 7) is 3.81. The van der Waals surface area contributed by atoms with Crippen LogP contribution in [0.25, 0.3) is 0 Å². The summed E-state index contributed by atoms with van der Waals surface area (Å²) in [7, 11) is 6.01. The van der Waals surface area contributed by atoms with E-state index in [4.69, 9.17) is 18.9 Å². The molecule has 156 valence electrons. The minimum atomic E-state index is -3.88. The third kappa shape index (κ3) is 3.99. The zero-order valence-electron chi connectivity index (χ0n) is 17.8. The Kier molecular flexibility index (Phi) is 7.73. The van der Waals surface area contributed by atoms with Crippen LogP contribution in [0.3, 0.4) is 0 Å². The number of carbonyl (C=O) groups is 2. The number of rotatable bonds is 10. The van der Waals surface area contributed by atoms with Crippen molar-refractivity contribution >= 4 is 22.5 Å². The molecule has 0 aliphatic carbocycles. The Hall–Kier alpha value is -2.48. The van der Waals surface area contributed by atoms with Crippen molar-refractivity contribution in [2.24, 2.45) is 0 Å². The Morgan fingerprint density at radius 1 is 0.655 bits per heavy atom. The van der Waals surface area contributed by atoms with Crippen LogP contribution in [0.5, 0.6) is 23.0 Å². The average Bonchev–Trinajstić information content (AvgIpc) is 2.78. The molecular weight excluding hydrogens is 433 g/mol. The van der Waals surface area contributed by atoms with Crippen molar-refractivity contribution in [3.8, 4) is 23.0 Å². The van der Waals surface area contributed by atoms with Gasteiger partial charge in [-0.2, -0.15) is 0 Å². The van der Waals surface area contributed by atoms with Crippen LogP contribution in [-0.2, 0) is 0 Å². The van der Waals surface area contributed by atoms with Crippen LogP contribution in [-0.4, -0.2) is 50.9 Å². The minimum absolute atomic E-state index is 0.165. The Bertz CT molecular complexity index is 775. The molecule has 0 unspecified atom stereocenters. The van der Waals surface area contributed by atoms with Crippen molar-refractivity contribution in [2.45, 2.75) is 24.4 Å². The van der Waals surface area contributed by atoms with Crippen molar-refractivity contribution in [3.05, 3.63) is 47.5 Å². The average molecular weight is 461 g/mol. The van der Waals surface area contributed by atoms with Gasteiger partial charge in [-0.25, -0.2) is 0 Å². The monoisotopic (exact) mass is 462 g/mol. The summed E-state index contributed by atoms with van der Waals surface area (Å²) < 4.78 is 21.4. The molecule has 6 nitrogen and oxygen atoms in total. The molecule has 7 heteroatoms. The van der Waals surface area contributed by atoms with E-state index < -0.39 is 13.3 Å². The first-order valence-electron chi connectivity index (χ1n) is 9.47. The molecule has 0 aliphatic heterocycles. The fourth-order valence-corrected chi connectivity index (χ4v) is 10.8. The molecule has 0 saturated carbocycles. The molecule has 29 heavy (non-hydrogen) atoms. The fourth-order valence-electron chi connectivity index (χ4n) is 3.62. The predicted octanol–water partition coefficient (Wildman–Crippen LogP) is 4.35. The van der Waals surface area contributed by atoms with E-state index in [0.717, 1.165) is 0 Å². The van der Waals surface area contributed by atoms with E-state index in [-0.39, 0.29) is 9.23 Å². The Morgan fingerprint density at radius 3 is 1.14 bits per heavy atom. The Morgan fingerprint density at radius 2 is 0.931 bits per heavy atom. The molecule has 0 amide bonds. The zero-order chi connectivity index (χ0) is 21.6. The molecule has 2 aromatic carbocycles. The topological polar surface area (TPSA) is 71.1 Å². The van der Waals surface area contributed by atoms with Crippen LogP contribution >= 0.6 is 0 Å². The van der Waals surface area contributed by atoms with Crippen molar-refractivity contribution in [2.75, 3.05) is 28.4 Å². The molecule has 0 fully saturated rings. The van der Waals surface area contributed by atoms with E-state index >= 15 is 0 Å². The summed E-state index contributed by atoms with van der Waals surface area (Å²) in [4.78, 5) is 27.8. The molecule has 0 N–H and O–H groups in total. The van der Waals surface area contributed by atoms with Gasteiger partial charge in [-0.05, 0) is 0 Å². The molecule has 0 spiro atoms. The van der Waals surface area contributed by atoms with Gasteiger partial charge in [0.1, 0.15) is 0 Å². The second kappa shape index (κ2) is 9.83. The molecule has 0 saturated heterocycles. The maximum absolute atomic E-state index is 13.9. The van der Waals surface area contributed by atoms with Crippen molar-refractivity contribution in [1.82, 2.24) is 0 Å². The first-order chi connectivity index (χ1) is 13.9. The van der Waals surface area contributed by atoms with Gasteiger partial charge in [0.25, 0.3) is 0 Å². The summed E-state index contributed by atoms with van der Waals surface area (Å²) >= 11 is -3.88. The van der Waals surface area contributed by atoms with E-state index in [1.165, 1.54) is 28.4 Å². The number of hydrogen-bond acceptors (Lipinski definition) is 6. The summed E-state index contributed by atoms with van der Waals surface area (Å²) in [5.74, 6) is 1.63. The fraction of sp³-hybridized carbons (Fsp3) is 0.364. The van der Waals surface area contributed by atoms with Crippen molar-refractivity contribution in [1.29, 1.82) is 0 Å². The first kappa shape index (κ1) is 22.8. The number of ether oxygens (including phenoxy) is 4. The van der Waals surface area contributed by atoms with Gasteiger partial charge in [0.2, 0.25) is 0 Å². The molecule has 2 rings (SSSR count). The number of carbonyl (C=O) groups excluding carboxylic acids is 2. The molecule has 0 aliphatic rings. The predicted molar refractivity (Wildman–Crippen MR) is 114 cm³/mol. The first-order valence-corrected chi connectivity index (χ1v) is 14.5. The van der Waals surface area contributed by atoms with Crippen LogP contribution in [0.1, 0.15) is 34.6 Å². The molecular formula is C22H28GeO6. The van der Waals surface area contributed by atoms with Gasteiger partial charge in [-0.1, -0.05) is 0 Å². The molecule has 2 aromatic rings. The van der Waals surface area contributed by atoms with Gasteiger partial charge in [0, 0.05) is 0 Å². The van der Waals surface area contributed by atoms with Crippen LogP contribution < -0.4 is 18.9 Å². The van der Waals surface area contributed by atoms with Gasteiger partial charge in [0.05, 0.1) is 0 Å². The van der Waals surface area contributed by atoms with Crippen molar-refractivity contribution < 1.29 is 28.5 Å². The van der Waals surface area contributed by atoms with Crippen molar-refractivity contribution in [3.63, 3.8) is 0 Å². The molecule has 0 radical (unpaired) electrons. The standard InChI is InChI=1S/C22H28GeO6/c1-7-23(8-2,21(24)19-15(26-3)11-9-12-16(19)27-4)22(25)20-17(28-5)13-10-14-18(20)29-6/h9-14H,7-8H2,1-6H3. The summed E-state index contributed by atoms with van der Waals surface area (Å²) in [5.41, 5.74) is 0.673. The summed E-state index contributed by atoms with van der Waals surface area (Å²) in [5, 5.41) is 0.965. The van der Waals surface area contributed by atoms with Crippen LogP contribution in [0.4, 0.5) is 0 Å². The third-order valence-corrected chi connectivity index (χ3v) is 15.1. The second-order valence-corrected chi connectivity index (χ2v) is 15.9. The van der Waals surface area contributed by atoms with Crippen LogP contribution in [0.2, 0.25) is 10.5 Å². The Balaban J connectivity index is 2.74. The third-order valence-electron chi connectivity index (χ3n) is 5.39. The maximum atomic E-state index is 13.9. The molecule has 0 bridgehead atoms. The van der Waals surface area contributed by atoms with Gasteiger partial charge >= 0.3 is 174 Å². The number of hydrogen-bond donors (Lipinski definition) is 0. The van der Waals surface area contributed by atoms with Crippen LogP contribution in [0, 0.1) is 0 Å². The Labute approximate surface area is 174 Å². The van der Waals surface area contributed by atoms with Gasteiger partial charge in [-0.15, -0.1) is 0 Å². The number of benzene rings is 2. The summed E-state index contributed by atoms with van der Waals surface area (Å²) in [6.07, 6.45) is 0. The van der Waals surface area contributed by atoms with E-state index in [2.05, 4.69) is 0 Å². The quantitative estimate of drug-likeness (QED) is 0.491. The molecule has 0 aromatic heterocycles. The zero-order valence-corrected chi connectivity index (χ0v) is 19.9. The SMILES string of the molecule is C[CH2][Ge]([CH2]C)([C](=O)c1c(OC)cccc1OC)[C](=O)c1c(OC)cccc1OC. The van der Waals surface area contributed by atoms with Gasteiger partial charge in [0.15, 0.2) is 0 Å². The van der Waals surface area contributed by atoms with E-state index in [1.807, 2.05) is 13.8 Å². The molecule has 0 atom stereocenters. The normalized spacial score (nSPS) is 11.0. The van der Waals surface area contributed by atoms with E-state index in [9.17, 15) is 9.59 Å². The molecule has 0 heterocycles. The second-order valence-electron chi connectivity index (χ2n) is 6.52. The number of methoxy groups -OCH3 is 4. The van der Waals surface area contributed by atoms with Gasteiger partial charge in [-0.3, -0.25) is 0 Å². The summed E-state index contributed by atoms with van der Waals surface area (Å²) in [6, 6.07) is 10.4.